The van der Waals surface area contributed by atoms with Gasteiger partial charge >= 0.3 is 0 Å². The Hall–Kier alpha value is -3.35. The maximum Gasteiger partial charge on any atom is 0.260 e. The summed E-state index contributed by atoms with van der Waals surface area (Å²) in [5.41, 5.74) is 2.31. The SMILES string of the molecule is O=C(COc1ccc(F)cc1)N1CCC[C@@H](c2nccnc2-c2ccc(F)cc2)C1. The van der Waals surface area contributed by atoms with E-state index in [0.717, 1.165) is 24.1 Å². The van der Waals surface area contributed by atoms with Crippen molar-refractivity contribution in [1.82, 2.24) is 14.9 Å². The first-order valence-electron chi connectivity index (χ1n) is 9.83. The van der Waals surface area contributed by atoms with Crippen molar-refractivity contribution in [3.8, 4) is 17.0 Å². The molecule has 2 aromatic carbocycles. The van der Waals surface area contributed by atoms with Crippen LogP contribution in [0.15, 0.2) is 60.9 Å². The Labute approximate surface area is 173 Å². The summed E-state index contributed by atoms with van der Waals surface area (Å²) in [5.74, 6) is -0.308. The van der Waals surface area contributed by atoms with E-state index in [1.807, 2.05) is 0 Å². The van der Waals surface area contributed by atoms with E-state index in [0.29, 0.717) is 24.5 Å². The number of carbonyl (C=O) groups excluding carboxylic acids is 1. The van der Waals surface area contributed by atoms with E-state index >= 15 is 0 Å². The zero-order valence-electron chi connectivity index (χ0n) is 16.3. The van der Waals surface area contributed by atoms with Crippen molar-refractivity contribution in [2.75, 3.05) is 19.7 Å². The lowest BCUT2D eigenvalue weighted by atomic mass is 9.91. The minimum Gasteiger partial charge on any atom is -0.484 e. The highest BCUT2D eigenvalue weighted by atomic mass is 19.1. The van der Waals surface area contributed by atoms with E-state index in [9.17, 15) is 13.6 Å². The molecule has 5 nitrogen and oxygen atoms in total. The second kappa shape index (κ2) is 8.98. The van der Waals surface area contributed by atoms with Crippen molar-refractivity contribution in [2.45, 2.75) is 18.8 Å². The zero-order valence-corrected chi connectivity index (χ0v) is 16.3. The number of ether oxygens (including phenoxy) is 1. The summed E-state index contributed by atoms with van der Waals surface area (Å²) in [7, 11) is 0. The Morgan fingerprint density at radius 2 is 1.67 bits per heavy atom. The average molecular weight is 409 g/mol. The van der Waals surface area contributed by atoms with Gasteiger partial charge in [0, 0.05) is 37.0 Å². The minimum absolute atomic E-state index is 0.0299. The molecule has 1 fully saturated rings. The molecule has 30 heavy (non-hydrogen) atoms. The molecule has 2 heterocycles. The Morgan fingerprint density at radius 1 is 1.00 bits per heavy atom. The first-order valence-corrected chi connectivity index (χ1v) is 9.83. The van der Waals surface area contributed by atoms with Gasteiger partial charge in [-0.3, -0.25) is 14.8 Å². The van der Waals surface area contributed by atoms with Gasteiger partial charge in [0.1, 0.15) is 17.4 Å². The van der Waals surface area contributed by atoms with Crippen molar-refractivity contribution >= 4 is 5.91 Å². The van der Waals surface area contributed by atoms with Crippen LogP contribution >= 0.6 is 0 Å². The Kier molecular flexibility index (Phi) is 5.97. The summed E-state index contributed by atoms with van der Waals surface area (Å²) in [4.78, 5) is 23.4. The van der Waals surface area contributed by atoms with Gasteiger partial charge in [0.15, 0.2) is 6.61 Å². The van der Waals surface area contributed by atoms with Gasteiger partial charge in [-0.1, -0.05) is 0 Å². The monoisotopic (exact) mass is 409 g/mol. The van der Waals surface area contributed by atoms with Gasteiger partial charge < -0.3 is 9.64 Å². The van der Waals surface area contributed by atoms with E-state index in [-0.39, 0.29) is 30.1 Å². The Balaban J connectivity index is 1.46. The van der Waals surface area contributed by atoms with Crippen LogP contribution in [0, 0.1) is 11.6 Å². The largest absolute Gasteiger partial charge is 0.484 e. The summed E-state index contributed by atoms with van der Waals surface area (Å²) in [6.45, 7) is 1.05. The molecule has 0 aliphatic carbocycles. The van der Waals surface area contributed by atoms with E-state index in [1.54, 1.807) is 29.4 Å². The summed E-state index contributed by atoms with van der Waals surface area (Å²) in [6, 6.07) is 11.8. The van der Waals surface area contributed by atoms with Crippen molar-refractivity contribution in [2.24, 2.45) is 0 Å². The van der Waals surface area contributed by atoms with E-state index in [2.05, 4.69) is 9.97 Å². The molecular formula is C23H21F2N3O2. The second-order valence-corrected chi connectivity index (χ2v) is 7.22. The van der Waals surface area contributed by atoms with Crippen LogP contribution in [0.25, 0.3) is 11.3 Å². The number of hydrogen-bond acceptors (Lipinski definition) is 4. The van der Waals surface area contributed by atoms with Crippen molar-refractivity contribution < 1.29 is 18.3 Å². The predicted octanol–water partition coefficient (Wildman–Crippen LogP) is 4.21. The van der Waals surface area contributed by atoms with E-state index in [4.69, 9.17) is 4.74 Å². The molecule has 0 saturated carbocycles. The van der Waals surface area contributed by atoms with Crippen LogP contribution in [-0.4, -0.2) is 40.5 Å². The first-order chi connectivity index (χ1) is 14.6. The number of nitrogens with zero attached hydrogens (tertiary/aromatic N) is 3. The molecule has 1 atom stereocenters. The van der Waals surface area contributed by atoms with Gasteiger partial charge in [-0.25, -0.2) is 8.78 Å². The third kappa shape index (κ3) is 4.62. The Bertz CT molecular complexity index is 1010. The number of hydrogen-bond donors (Lipinski definition) is 0. The van der Waals surface area contributed by atoms with Crippen LogP contribution in [-0.2, 0) is 4.79 Å². The fourth-order valence-corrected chi connectivity index (χ4v) is 3.67. The fraction of sp³-hybridized carbons (Fsp3) is 0.261. The highest BCUT2D eigenvalue weighted by Gasteiger charge is 2.28. The van der Waals surface area contributed by atoms with Crippen molar-refractivity contribution in [3.63, 3.8) is 0 Å². The van der Waals surface area contributed by atoms with Crippen LogP contribution in [0.1, 0.15) is 24.5 Å². The van der Waals surface area contributed by atoms with Gasteiger partial charge in [-0.15, -0.1) is 0 Å². The van der Waals surface area contributed by atoms with Crippen LogP contribution in [0.3, 0.4) is 0 Å². The van der Waals surface area contributed by atoms with E-state index < -0.39 is 0 Å². The Morgan fingerprint density at radius 3 is 2.40 bits per heavy atom. The predicted molar refractivity (Wildman–Crippen MR) is 108 cm³/mol. The molecule has 0 spiro atoms. The standard InChI is InChI=1S/C23H21F2N3O2/c24-18-5-3-16(4-6-18)22-23(27-12-11-26-22)17-2-1-13-28(14-17)21(29)15-30-20-9-7-19(25)8-10-20/h3-12,17H,1-2,13-15H2/t17-/m1/s1. The molecular weight excluding hydrogens is 388 g/mol. The molecule has 7 heteroatoms. The topological polar surface area (TPSA) is 55.3 Å². The van der Waals surface area contributed by atoms with Crippen molar-refractivity contribution in [3.05, 3.63) is 78.3 Å². The third-order valence-electron chi connectivity index (χ3n) is 5.18. The van der Waals surface area contributed by atoms with Crippen LogP contribution in [0.4, 0.5) is 8.78 Å². The molecule has 4 rings (SSSR count). The number of aromatic nitrogens is 2. The summed E-state index contributed by atoms with van der Waals surface area (Å²) in [6.07, 6.45) is 4.98. The quantitative estimate of drug-likeness (QED) is 0.634. The molecule has 0 unspecified atom stereocenters. The molecule has 1 aliphatic heterocycles. The number of amides is 1. The van der Waals surface area contributed by atoms with Gasteiger partial charge in [-0.2, -0.15) is 0 Å². The van der Waals surface area contributed by atoms with Crippen molar-refractivity contribution in [1.29, 1.82) is 0 Å². The fourth-order valence-electron chi connectivity index (χ4n) is 3.67. The van der Waals surface area contributed by atoms with Gasteiger partial charge in [0.25, 0.3) is 5.91 Å². The molecule has 1 aromatic heterocycles. The van der Waals surface area contributed by atoms with Crippen LogP contribution < -0.4 is 4.74 Å². The molecule has 0 radical (unpaired) electrons. The maximum atomic E-state index is 13.3. The lowest BCUT2D eigenvalue weighted by Gasteiger charge is -2.33. The molecule has 1 amide bonds. The van der Waals surface area contributed by atoms with Crippen LogP contribution in [0.2, 0.25) is 0 Å². The first kappa shape index (κ1) is 19.9. The number of halogens is 2. The molecule has 0 bridgehead atoms. The number of rotatable bonds is 5. The number of benzene rings is 2. The smallest absolute Gasteiger partial charge is 0.260 e. The minimum atomic E-state index is -0.353. The lowest BCUT2D eigenvalue weighted by molar-refractivity contribution is -0.134. The molecule has 154 valence electrons. The van der Waals surface area contributed by atoms with Gasteiger partial charge in [0.2, 0.25) is 0 Å². The van der Waals surface area contributed by atoms with Crippen LogP contribution in [0.5, 0.6) is 5.75 Å². The summed E-state index contributed by atoms with van der Waals surface area (Å²) >= 11 is 0. The zero-order chi connectivity index (χ0) is 20.9. The number of piperidine rings is 1. The third-order valence-corrected chi connectivity index (χ3v) is 5.18. The van der Waals surface area contributed by atoms with E-state index in [1.165, 1.54) is 36.4 Å². The number of likely N-dealkylation sites (tertiary alicyclic amines) is 1. The molecule has 1 saturated heterocycles. The molecule has 1 aliphatic rings. The number of carbonyl (C=O) groups is 1. The normalized spacial score (nSPS) is 16.3. The maximum absolute atomic E-state index is 13.3. The lowest BCUT2D eigenvalue weighted by Crippen LogP contribution is -2.41. The molecule has 0 N–H and O–H groups in total. The average Bonchev–Trinajstić information content (AvgIpc) is 2.79. The summed E-state index contributed by atoms with van der Waals surface area (Å²) < 4.78 is 31.8. The molecule has 3 aromatic rings. The highest BCUT2D eigenvalue weighted by Crippen LogP contribution is 2.32. The van der Waals surface area contributed by atoms with Gasteiger partial charge in [-0.05, 0) is 61.4 Å². The highest BCUT2D eigenvalue weighted by molar-refractivity contribution is 5.78. The van der Waals surface area contributed by atoms with Gasteiger partial charge in [0.05, 0.1) is 11.4 Å². The summed E-state index contributed by atoms with van der Waals surface area (Å²) in [5, 5.41) is 0. The second-order valence-electron chi connectivity index (χ2n) is 7.22.